The third-order valence-electron chi connectivity index (χ3n) is 3.10. The molecular formula is C16H15ClFNO. The summed E-state index contributed by atoms with van der Waals surface area (Å²) < 4.78 is 13.7. The molecule has 0 saturated carbocycles. The summed E-state index contributed by atoms with van der Waals surface area (Å²) in [5.41, 5.74) is 2.85. The quantitative estimate of drug-likeness (QED) is 0.898. The Bertz CT molecular complexity index is 655. The predicted molar refractivity (Wildman–Crippen MR) is 79.7 cm³/mol. The Morgan fingerprint density at radius 2 is 2.00 bits per heavy atom. The fourth-order valence-corrected chi connectivity index (χ4v) is 2.19. The van der Waals surface area contributed by atoms with Gasteiger partial charge in [0, 0.05) is 5.69 Å². The van der Waals surface area contributed by atoms with Gasteiger partial charge in [0.15, 0.2) is 0 Å². The number of hydrogen-bond donors (Lipinski definition) is 1. The van der Waals surface area contributed by atoms with E-state index in [1.165, 1.54) is 6.07 Å². The second kappa shape index (κ2) is 6.06. The molecule has 2 aromatic carbocycles. The molecule has 0 heterocycles. The minimum absolute atomic E-state index is 0.0744. The number of aryl methyl sites for hydroxylation is 1. The van der Waals surface area contributed by atoms with Gasteiger partial charge in [-0.05, 0) is 48.7 Å². The molecule has 4 heteroatoms. The monoisotopic (exact) mass is 291 g/mol. The van der Waals surface area contributed by atoms with Gasteiger partial charge in [0.2, 0.25) is 5.91 Å². The zero-order valence-corrected chi connectivity index (χ0v) is 12.1. The van der Waals surface area contributed by atoms with Crippen LogP contribution in [0.1, 0.15) is 16.7 Å². The molecule has 0 spiro atoms. The lowest BCUT2D eigenvalue weighted by atomic mass is 10.0. The summed E-state index contributed by atoms with van der Waals surface area (Å²) in [5.74, 6) is -0.645. The third kappa shape index (κ3) is 3.36. The Kier molecular flexibility index (Phi) is 4.40. The van der Waals surface area contributed by atoms with E-state index in [9.17, 15) is 9.18 Å². The van der Waals surface area contributed by atoms with Crippen LogP contribution in [-0.2, 0) is 11.2 Å². The van der Waals surface area contributed by atoms with Crippen molar-refractivity contribution in [3.63, 3.8) is 0 Å². The first kappa shape index (κ1) is 14.5. The number of halogens is 2. The summed E-state index contributed by atoms with van der Waals surface area (Å²) in [4.78, 5) is 12.0. The van der Waals surface area contributed by atoms with Crippen molar-refractivity contribution < 1.29 is 9.18 Å². The zero-order valence-electron chi connectivity index (χ0n) is 11.3. The number of anilines is 1. The Balaban J connectivity index is 2.11. The second-order valence-electron chi connectivity index (χ2n) is 4.74. The Labute approximate surface area is 122 Å². The van der Waals surface area contributed by atoms with E-state index in [0.717, 1.165) is 11.3 Å². The summed E-state index contributed by atoms with van der Waals surface area (Å²) in [6.45, 7) is 3.57. The van der Waals surface area contributed by atoms with Gasteiger partial charge in [-0.2, -0.15) is 0 Å². The molecule has 20 heavy (non-hydrogen) atoms. The number of amides is 1. The number of benzene rings is 2. The summed E-state index contributed by atoms with van der Waals surface area (Å²) in [5, 5.41) is 2.87. The molecule has 2 aromatic rings. The topological polar surface area (TPSA) is 29.1 Å². The van der Waals surface area contributed by atoms with Crippen molar-refractivity contribution in [1.29, 1.82) is 0 Å². The van der Waals surface area contributed by atoms with Gasteiger partial charge in [0.1, 0.15) is 5.82 Å². The van der Waals surface area contributed by atoms with Gasteiger partial charge >= 0.3 is 0 Å². The Morgan fingerprint density at radius 3 is 2.70 bits per heavy atom. The molecular weight excluding hydrogens is 277 g/mol. The minimum atomic E-state index is -0.465. The van der Waals surface area contributed by atoms with E-state index >= 15 is 0 Å². The van der Waals surface area contributed by atoms with E-state index in [4.69, 9.17) is 11.6 Å². The average molecular weight is 292 g/mol. The SMILES string of the molecule is Cc1cccc(NC(=O)Cc2ccc(Cl)c(F)c2C)c1. The minimum Gasteiger partial charge on any atom is -0.326 e. The number of rotatable bonds is 3. The van der Waals surface area contributed by atoms with Crippen molar-refractivity contribution in [2.45, 2.75) is 20.3 Å². The maximum atomic E-state index is 13.7. The van der Waals surface area contributed by atoms with Gasteiger partial charge in [-0.1, -0.05) is 29.8 Å². The van der Waals surface area contributed by atoms with Crippen LogP contribution < -0.4 is 5.32 Å². The molecule has 0 aliphatic carbocycles. The first-order valence-electron chi connectivity index (χ1n) is 6.27. The average Bonchev–Trinajstić information content (AvgIpc) is 2.39. The Hall–Kier alpha value is -1.87. The van der Waals surface area contributed by atoms with Gasteiger partial charge < -0.3 is 5.32 Å². The molecule has 0 atom stereocenters. The van der Waals surface area contributed by atoms with Crippen molar-refractivity contribution in [2.75, 3.05) is 5.32 Å². The van der Waals surface area contributed by atoms with Gasteiger partial charge in [-0.15, -0.1) is 0 Å². The lowest BCUT2D eigenvalue weighted by Crippen LogP contribution is -2.15. The molecule has 0 fully saturated rings. The van der Waals surface area contributed by atoms with Crippen molar-refractivity contribution in [1.82, 2.24) is 0 Å². The highest BCUT2D eigenvalue weighted by molar-refractivity contribution is 6.30. The van der Waals surface area contributed by atoms with Crippen molar-refractivity contribution >= 4 is 23.2 Å². The third-order valence-corrected chi connectivity index (χ3v) is 3.40. The molecule has 2 nitrogen and oxygen atoms in total. The molecule has 1 N–H and O–H groups in total. The van der Waals surface area contributed by atoms with Crippen LogP contribution >= 0.6 is 11.6 Å². The molecule has 0 saturated heterocycles. The molecule has 2 rings (SSSR count). The van der Waals surface area contributed by atoms with Crippen LogP contribution in [-0.4, -0.2) is 5.91 Å². The van der Waals surface area contributed by atoms with Crippen LogP contribution in [0.25, 0.3) is 0 Å². The molecule has 0 aliphatic rings. The van der Waals surface area contributed by atoms with Crippen molar-refractivity contribution in [3.8, 4) is 0 Å². The van der Waals surface area contributed by atoms with Crippen molar-refractivity contribution in [2.24, 2.45) is 0 Å². The number of hydrogen-bond acceptors (Lipinski definition) is 1. The highest BCUT2D eigenvalue weighted by Crippen LogP contribution is 2.21. The summed E-state index contributed by atoms with van der Waals surface area (Å²) >= 11 is 5.69. The van der Waals surface area contributed by atoms with Gasteiger partial charge in [0.05, 0.1) is 11.4 Å². The van der Waals surface area contributed by atoms with E-state index in [-0.39, 0.29) is 17.4 Å². The molecule has 1 amide bonds. The van der Waals surface area contributed by atoms with E-state index in [0.29, 0.717) is 11.1 Å². The zero-order chi connectivity index (χ0) is 14.7. The van der Waals surface area contributed by atoms with Crippen LogP contribution in [0.5, 0.6) is 0 Å². The summed E-state index contributed by atoms with van der Waals surface area (Å²) in [7, 11) is 0. The maximum Gasteiger partial charge on any atom is 0.228 e. The normalized spacial score (nSPS) is 10.4. The van der Waals surface area contributed by atoms with E-state index in [1.807, 2.05) is 31.2 Å². The molecule has 0 unspecified atom stereocenters. The molecule has 0 aromatic heterocycles. The summed E-state index contributed by atoms with van der Waals surface area (Å²) in [6, 6.07) is 10.7. The molecule has 104 valence electrons. The lowest BCUT2D eigenvalue weighted by molar-refractivity contribution is -0.115. The van der Waals surface area contributed by atoms with Crippen LogP contribution in [0.4, 0.5) is 10.1 Å². The highest BCUT2D eigenvalue weighted by atomic mass is 35.5. The molecule has 0 radical (unpaired) electrons. The lowest BCUT2D eigenvalue weighted by Gasteiger charge is -2.09. The van der Waals surface area contributed by atoms with E-state index < -0.39 is 5.82 Å². The highest BCUT2D eigenvalue weighted by Gasteiger charge is 2.11. The van der Waals surface area contributed by atoms with Crippen molar-refractivity contribution in [3.05, 3.63) is 63.9 Å². The number of nitrogens with one attached hydrogen (secondary N) is 1. The fraction of sp³-hybridized carbons (Fsp3) is 0.188. The fourth-order valence-electron chi connectivity index (χ4n) is 1.98. The van der Waals surface area contributed by atoms with Crippen LogP contribution in [0.15, 0.2) is 36.4 Å². The standard InChI is InChI=1S/C16H15ClFNO/c1-10-4-3-5-13(8-10)19-15(20)9-12-6-7-14(17)16(18)11(12)2/h3-8H,9H2,1-2H3,(H,19,20). The second-order valence-corrected chi connectivity index (χ2v) is 5.15. The van der Waals surface area contributed by atoms with Crippen LogP contribution in [0, 0.1) is 19.7 Å². The van der Waals surface area contributed by atoms with Gasteiger partial charge in [0.25, 0.3) is 0 Å². The molecule has 0 aliphatic heterocycles. The van der Waals surface area contributed by atoms with E-state index in [1.54, 1.807) is 13.0 Å². The first-order chi connectivity index (χ1) is 9.47. The number of carbonyl (C=O) groups is 1. The van der Waals surface area contributed by atoms with E-state index in [2.05, 4.69) is 5.32 Å². The largest absolute Gasteiger partial charge is 0.326 e. The van der Waals surface area contributed by atoms with Gasteiger partial charge in [-0.25, -0.2) is 4.39 Å². The smallest absolute Gasteiger partial charge is 0.228 e. The van der Waals surface area contributed by atoms with Crippen LogP contribution in [0.2, 0.25) is 5.02 Å². The number of carbonyl (C=O) groups excluding carboxylic acids is 1. The first-order valence-corrected chi connectivity index (χ1v) is 6.65. The molecule has 0 bridgehead atoms. The Morgan fingerprint density at radius 1 is 1.25 bits per heavy atom. The van der Waals surface area contributed by atoms with Crippen LogP contribution in [0.3, 0.4) is 0 Å². The van der Waals surface area contributed by atoms with Gasteiger partial charge in [-0.3, -0.25) is 4.79 Å². The maximum absolute atomic E-state index is 13.7. The predicted octanol–water partition coefficient (Wildman–Crippen LogP) is 4.28. The summed E-state index contributed by atoms with van der Waals surface area (Å²) in [6.07, 6.45) is 0.119.